The van der Waals surface area contributed by atoms with Crippen LogP contribution >= 0.6 is 0 Å². The van der Waals surface area contributed by atoms with Crippen LogP contribution in [0.2, 0.25) is 0 Å². The van der Waals surface area contributed by atoms with Crippen LogP contribution in [0.15, 0.2) is 72.9 Å². The summed E-state index contributed by atoms with van der Waals surface area (Å²) in [7, 11) is 0. The number of unbranched alkanes of at least 4 members (excludes halogenated alkanes) is 25. The van der Waals surface area contributed by atoms with Gasteiger partial charge in [0.15, 0.2) is 12.4 Å². The van der Waals surface area contributed by atoms with Crippen LogP contribution in [-0.2, 0) is 23.8 Å². The second kappa shape index (κ2) is 47.1. The molecule has 11 heteroatoms. The fourth-order valence-electron chi connectivity index (χ4n) is 8.42. The molecule has 1 amide bonds. The maximum atomic E-state index is 13.4. The van der Waals surface area contributed by atoms with Crippen LogP contribution < -0.4 is 5.32 Å². The fraction of sp³-hybridized carbons (Fsp3) is 0.763. The van der Waals surface area contributed by atoms with Crippen LogP contribution in [0, 0.1) is 0 Å². The number of aliphatic hydroxyl groups excluding tert-OH is 5. The summed E-state index contributed by atoms with van der Waals surface area (Å²) in [6.45, 7) is 5.60. The van der Waals surface area contributed by atoms with E-state index >= 15 is 0 Å². The molecule has 1 fully saturated rings. The molecule has 0 aliphatic carbocycles. The number of aliphatic hydroxyl groups is 5. The van der Waals surface area contributed by atoms with Gasteiger partial charge in [0, 0.05) is 6.42 Å². The average Bonchev–Trinajstić information content (AvgIpc) is 3.36. The number of allylic oxidation sites excluding steroid dienone is 11. The van der Waals surface area contributed by atoms with Gasteiger partial charge in [0.05, 0.1) is 25.4 Å². The number of esters is 1. The first-order chi connectivity index (χ1) is 34.2. The maximum Gasteiger partial charge on any atom is 0.306 e. The van der Waals surface area contributed by atoms with Crippen LogP contribution in [0.3, 0.4) is 0 Å². The molecule has 11 nitrogen and oxygen atoms in total. The molecule has 0 aromatic rings. The van der Waals surface area contributed by atoms with Gasteiger partial charge in [0.1, 0.15) is 24.4 Å². The number of ether oxygens (including phenoxy) is 3. The lowest BCUT2D eigenvalue weighted by molar-refractivity contribution is -0.305. The summed E-state index contributed by atoms with van der Waals surface area (Å²) in [6.07, 6.45) is 48.0. The van der Waals surface area contributed by atoms with Crippen molar-refractivity contribution in [1.29, 1.82) is 0 Å². The molecule has 0 aromatic heterocycles. The lowest BCUT2D eigenvalue weighted by atomic mass is 9.99. The summed E-state index contributed by atoms with van der Waals surface area (Å²) in [5, 5.41) is 56.7. The summed E-state index contributed by atoms with van der Waals surface area (Å²) < 4.78 is 17.5. The molecular weight excluding hydrogens is 883 g/mol. The minimum atomic E-state index is -1.63. The second-order valence-electron chi connectivity index (χ2n) is 19.4. The van der Waals surface area contributed by atoms with Crippen LogP contribution in [0.4, 0.5) is 0 Å². The van der Waals surface area contributed by atoms with Crippen LogP contribution in [-0.4, -0.2) is 99.6 Å². The Morgan fingerprint density at radius 2 is 1.04 bits per heavy atom. The molecular formula is C59H103NO10. The summed E-state index contributed by atoms with van der Waals surface area (Å²) >= 11 is 0. The smallest absolute Gasteiger partial charge is 0.306 e. The third kappa shape index (κ3) is 35.3. The third-order valence-electron chi connectivity index (χ3n) is 12.9. The molecule has 404 valence electrons. The first-order valence-electron chi connectivity index (χ1n) is 28.3. The molecule has 1 saturated heterocycles. The monoisotopic (exact) mass is 986 g/mol. The zero-order valence-corrected chi connectivity index (χ0v) is 44.4. The zero-order chi connectivity index (χ0) is 51.1. The maximum absolute atomic E-state index is 13.4. The molecule has 1 aliphatic heterocycles. The summed E-state index contributed by atoms with van der Waals surface area (Å²) in [6, 6.07) is -1.04. The van der Waals surface area contributed by atoms with Crippen LogP contribution in [0.1, 0.15) is 226 Å². The molecule has 6 N–H and O–H groups in total. The van der Waals surface area contributed by atoms with E-state index in [0.29, 0.717) is 12.8 Å². The number of carbonyl (C=O) groups is 2. The van der Waals surface area contributed by atoms with Gasteiger partial charge in [-0.3, -0.25) is 9.59 Å². The Hall–Kier alpha value is -2.90. The van der Waals surface area contributed by atoms with Crippen molar-refractivity contribution in [3.63, 3.8) is 0 Å². The van der Waals surface area contributed by atoms with Gasteiger partial charge in [0.2, 0.25) is 5.91 Å². The van der Waals surface area contributed by atoms with Crippen molar-refractivity contribution in [3.8, 4) is 0 Å². The molecule has 8 atom stereocenters. The molecule has 0 aromatic carbocycles. The van der Waals surface area contributed by atoms with E-state index in [1.807, 2.05) is 42.5 Å². The number of hydrogen-bond donors (Lipinski definition) is 6. The summed E-state index contributed by atoms with van der Waals surface area (Å²) in [4.78, 5) is 26.4. The van der Waals surface area contributed by atoms with Crippen molar-refractivity contribution >= 4 is 11.9 Å². The molecule has 8 unspecified atom stereocenters. The zero-order valence-electron chi connectivity index (χ0n) is 44.4. The number of carbonyl (C=O) groups excluding carboxylic acids is 2. The standard InChI is InChI=1S/C59H103NO10/c1-4-7-10-13-16-19-22-25-26-29-32-35-38-41-44-47-54(64)70-57-56(66)55(65)53(48-61)69-59(57)68-49-50(51(62)45-42-39-36-33-30-27-23-20-17-14-11-8-5-2)60-58(67)52(63)46-43-40-37-34-31-28-24-21-18-15-12-9-6-3/h7,10,13,16,19,22,25-26,31,34,42,45,50-53,55-57,59,61-63,65-66H,4-6,8-9,11-12,14-15,17-18,20-21,23-24,27-30,32-33,35-41,43-44,46-49H2,1-3H3,(H,60,67)/b10-7+,16-13+,22-19+,26-25-,34-31-,45-42+. The van der Waals surface area contributed by atoms with Crippen LogP contribution in [0.25, 0.3) is 0 Å². The highest BCUT2D eigenvalue weighted by molar-refractivity contribution is 5.80. The van der Waals surface area contributed by atoms with Crippen molar-refractivity contribution in [3.05, 3.63) is 72.9 Å². The quantitative estimate of drug-likeness (QED) is 0.0149. The minimum absolute atomic E-state index is 0.0931. The highest BCUT2D eigenvalue weighted by Gasteiger charge is 2.47. The lowest BCUT2D eigenvalue weighted by Crippen LogP contribution is -2.61. The van der Waals surface area contributed by atoms with E-state index in [9.17, 15) is 35.1 Å². The summed E-state index contributed by atoms with van der Waals surface area (Å²) in [5.41, 5.74) is 0. The van der Waals surface area contributed by atoms with Gasteiger partial charge in [-0.05, 0) is 70.6 Å². The SMILES string of the molecule is CC/C=C/C=C/C=C/C=C\CCCCCCCC(=O)OC1C(OCC(NC(=O)C(O)CCCC/C=C\CCCCCCCCC)C(O)/C=C/CCCCCCCCCCCCC)OC(CO)C(O)C1O. The fourth-order valence-corrected chi connectivity index (χ4v) is 8.42. The highest BCUT2D eigenvalue weighted by Crippen LogP contribution is 2.26. The second-order valence-corrected chi connectivity index (χ2v) is 19.4. The minimum Gasteiger partial charge on any atom is -0.454 e. The van der Waals surface area contributed by atoms with Gasteiger partial charge in [-0.15, -0.1) is 0 Å². The molecule has 70 heavy (non-hydrogen) atoms. The molecule has 1 heterocycles. The van der Waals surface area contributed by atoms with Gasteiger partial charge < -0.3 is 45.1 Å². The Balaban J connectivity index is 2.78. The Morgan fingerprint density at radius 3 is 1.59 bits per heavy atom. The Morgan fingerprint density at radius 1 is 0.571 bits per heavy atom. The van der Waals surface area contributed by atoms with E-state index < -0.39 is 67.4 Å². The lowest BCUT2D eigenvalue weighted by Gasteiger charge is -2.41. The van der Waals surface area contributed by atoms with Gasteiger partial charge in [-0.1, -0.05) is 222 Å². The molecule has 0 radical (unpaired) electrons. The molecule has 1 rings (SSSR count). The van der Waals surface area contributed by atoms with Gasteiger partial charge >= 0.3 is 5.97 Å². The van der Waals surface area contributed by atoms with E-state index in [0.717, 1.165) is 77.0 Å². The largest absolute Gasteiger partial charge is 0.454 e. The first kappa shape index (κ1) is 65.1. The highest BCUT2D eigenvalue weighted by atomic mass is 16.7. The van der Waals surface area contributed by atoms with E-state index in [1.54, 1.807) is 6.08 Å². The van der Waals surface area contributed by atoms with Gasteiger partial charge in [0.25, 0.3) is 0 Å². The van der Waals surface area contributed by atoms with Gasteiger partial charge in [-0.2, -0.15) is 0 Å². The van der Waals surface area contributed by atoms with Crippen molar-refractivity contribution in [2.45, 2.75) is 275 Å². The topological polar surface area (TPSA) is 175 Å². The molecule has 1 aliphatic rings. The molecule has 0 saturated carbocycles. The van der Waals surface area contributed by atoms with Crippen molar-refractivity contribution in [1.82, 2.24) is 5.32 Å². The Bertz CT molecular complexity index is 1410. The average molecular weight is 986 g/mol. The predicted octanol–water partition coefficient (Wildman–Crippen LogP) is 12.4. The number of amides is 1. The van der Waals surface area contributed by atoms with E-state index in [1.165, 1.54) is 103 Å². The predicted molar refractivity (Wildman–Crippen MR) is 287 cm³/mol. The van der Waals surface area contributed by atoms with E-state index in [-0.39, 0.29) is 19.4 Å². The van der Waals surface area contributed by atoms with E-state index in [2.05, 4.69) is 50.4 Å². The summed E-state index contributed by atoms with van der Waals surface area (Å²) in [5.74, 6) is -1.24. The number of nitrogens with one attached hydrogen (secondary N) is 1. The Labute approximate surface area is 426 Å². The first-order valence-corrected chi connectivity index (χ1v) is 28.3. The molecule has 0 spiro atoms. The normalized spacial score (nSPS) is 20.3. The molecule has 0 bridgehead atoms. The number of rotatable bonds is 46. The van der Waals surface area contributed by atoms with E-state index in [4.69, 9.17) is 14.2 Å². The van der Waals surface area contributed by atoms with Crippen molar-refractivity contribution < 1.29 is 49.3 Å². The Kier molecular flexibility index (Phi) is 43.8. The van der Waals surface area contributed by atoms with Gasteiger partial charge in [-0.25, -0.2) is 0 Å². The van der Waals surface area contributed by atoms with Crippen LogP contribution in [0.5, 0.6) is 0 Å². The van der Waals surface area contributed by atoms with Crippen molar-refractivity contribution in [2.24, 2.45) is 0 Å². The van der Waals surface area contributed by atoms with Crippen molar-refractivity contribution in [2.75, 3.05) is 13.2 Å². The number of hydrogen-bond acceptors (Lipinski definition) is 10. The third-order valence-corrected chi connectivity index (χ3v) is 12.9.